The lowest BCUT2D eigenvalue weighted by Crippen LogP contribution is -2.28. The van der Waals surface area contributed by atoms with Crippen LogP contribution in [0.25, 0.3) is 6.08 Å². The second-order valence-corrected chi connectivity index (χ2v) is 8.73. The number of hydrogen-bond donors (Lipinski definition) is 0. The number of thioether (sulfide) groups is 1. The Bertz CT molecular complexity index is 1100. The first-order chi connectivity index (χ1) is 15.4. The Balaban J connectivity index is 1.96. The number of benzene rings is 2. The monoisotopic (exact) mass is 566 g/mol. The van der Waals surface area contributed by atoms with Gasteiger partial charge >= 0.3 is 5.97 Å². The van der Waals surface area contributed by atoms with Crippen LogP contribution >= 0.6 is 34.4 Å². The minimum absolute atomic E-state index is 0.121. The molecule has 0 radical (unpaired) electrons. The minimum atomic E-state index is -0.436. The standard InChI is InChI=1S/C23H23IN2O5S/c1-5-26-21(27)19(12-14-10-17(24)20(29-3)18(11-14)31-6-2)32-23(26)25-16-9-7-8-15(13-16)22(28)30-4/h7-13H,5-6H2,1-4H3. The summed E-state index contributed by atoms with van der Waals surface area (Å²) in [6.07, 6.45) is 1.83. The van der Waals surface area contributed by atoms with Crippen molar-refractivity contribution in [2.24, 2.45) is 4.99 Å². The highest BCUT2D eigenvalue weighted by Crippen LogP contribution is 2.38. The van der Waals surface area contributed by atoms with Gasteiger partial charge in [-0.1, -0.05) is 6.07 Å². The molecule has 2 aromatic carbocycles. The van der Waals surface area contributed by atoms with E-state index in [1.165, 1.54) is 18.9 Å². The van der Waals surface area contributed by atoms with E-state index < -0.39 is 5.97 Å². The zero-order valence-electron chi connectivity index (χ0n) is 18.2. The molecule has 0 saturated carbocycles. The third kappa shape index (κ3) is 5.26. The molecule has 1 aliphatic heterocycles. The van der Waals surface area contributed by atoms with Crippen molar-refractivity contribution < 1.29 is 23.8 Å². The highest BCUT2D eigenvalue weighted by molar-refractivity contribution is 14.1. The molecular formula is C23H23IN2O5S. The zero-order chi connectivity index (χ0) is 23.3. The molecule has 0 spiro atoms. The van der Waals surface area contributed by atoms with Crippen molar-refractivity contribution in [2.45, 2.75) is 13.8 Å². The summed E-state index contributed by atoms with van der Waals surface area (Å²) >= 11 is 3.48. The van der Waals surface area contributed by atoms with Gasteiger partial charge in [0, 0.05) is 6.54 Å². The number of rotatable bonds is 7. The number of hydrogen-bond acceptors (Lipinski definition) is 7. The highest BCUT2D eigenvalue weighted by Gasteiger charge is 2.32. The molecule has 168 valence electrons. The van der Waals surface area contributed by atoms with Crippen LogP contribution in [0.15, 0.2) is 46.3 Å². The number of carbonyl (C=O) groups excluding carboxylic acids is 2. The zero-order valence-corrected chi connectivity index (χ0v) is 21.2. The fourth-order valence-electron chi connectivity index (χ4n) is 3.08. The average molecular weight is 566 g/mol. The van der Waals surface area contributed by atoms with Gasteiger partial charge in [-0.3, -0.25) is 9.69 Å². The molecule has 1 aliphatic rings. The lowest BCUT2D eigenvalue weighted by molar-refractivity contribution is -0.122. The van der Waals surface area contributed by atoms with Crippen molar-refractivity contribution >= 4 is 63.2 Å². The first kappa shape index (κ1) is 24.1. The Kier molecular flexibility index (Phi) is 8.19. The molecule has 3 rings (SSSR count). The highest BCUT2D eigenvalue weighted by atomic mass is 127. The topological polar surface area (TPSA) is 77.4 Å². The third-order valence-electron chi connectivity index (χ3n) is 4.53. The van der Waals surface area contributed by atoms with Crippen LogP contribution in [0.1, 0.15) is 29.8 Å². The lowest BCUT2D eigenvalue weighted by Gasteiger charge is -2.12. The van der Waals surface area contributed by atoms with E-state index >= 15 is 0 Å². The summed E-state index contributed by atoms with van der Waals surface area (Å²) in [4.78, 5) is 31.6. The largest absolute Gasteiger partial charge is 0.492 e. The van der Waals surface area contributed by atoms with Gasteiger partial charge < -0.3 is 14.2 Å². The third-order valence-corrected chi connectivity index (χ3v) is 6.34. The van der Waals surface area contributed by atoms with Crippen LogP contribution < -0.4 is 9.47 Å². The molecule has 0 atom stereocenters. The van der Waals surface area contributed by atoms with E-state index in [0.717, 1.165) is 9.13 Å². The summed E-state index contributed by atoms with van der Waals surface area (Å²) in [5, 5.41) is 0.555. The van der Waals surface area contributed by atoms with Gasteiger partial charge in [0.2, 0.25) is 0 Å². The van der Waals surface area contributed by atoms with Gasteiger partial charge in [-0.25, -0.2) is 9.79 Å². The van der Waals surface area contributed by atoms with E-state index in [1.807, 2.05) is 32.1 Å². The van der Waals surface area contributed by atoms with Gasteiger partial charge in [0.15, 0.2) is 16.7 Å². The Hall–Kier alpha value is -2.53. The number of esters is 1. The van der Waals surface area contributed by atoms with E-state index in [1.54, 1.807) is 36.3 Å². The molecule has 9 heteroatoms. The molecule has 32 heavy (non-hydrogen) atoms. The first-order valence-electron chi connectivity index (χ1n) is 9.90. The molecule has 1 saturated heterocycles. The van der Waals surface area contributed by atoms with Gasteiger partial charge in [0.1, 0.15) is 0 Å². The quantitative estimate of drug-likeness (QED) is 0.264. The second kappa shape index (κ2) is 10.9. The molecular weight excluding hydrogens is 543 g/mol. The Morgan fingerprint density at radius 3 is 2.66 bits per heavy atom. The second-order valence-electron chi connectivity index (χ2n) is 6.56. The maximum absolute atomic E-state index is 13.0. The van der Waals surface area contributed by atoms with Crippen molar-refractivity contribution in [3.05, 3.63) is 56.0 Å². The van der Waals surface area contributed by atoms with Crippen molar-refractivity contribution in [2.75, 3.05) is 27.4 Å². The van der Waals surface area contributed by atoms with Crippen molar-refractivity contribution in [3.63, 3.8) is 0 Å². The fraction of sp³-hybridized carbons (Fsp3) is 0.261. The van der Waals surface area contributed by atoms with E-state index in [9.17, 15) is 9.59 Å². The predicted molar refractivity (Wildman–Crippen MR) is 135 cm³/mol. The molecule has 0 aromatic heterocycles. The maximum Gasteiger partial charge on any atom is 0.337 e. The van der Waals surface area contributed by atoms with Crippen molar-refractivity contribution in [3.8, 4) is 11.5 Å². The summed E-state index contributed by atoms with van der Waals surface area (Å²) in [5.74, 6) is 0.742. The van der Waals surface area contributed by atoms with E-state index in [0.29, 0.717) is 46.0 Å². The predicted octanol–water partition coefficient (Wildman–Crippen LogP) is 5.11. The Morgan fingerprint density at radius 1 is 1.22 bits per heavy atom. The Morgan fingerprint density at radius 2 is 2.00 bits per heavy atom. The minimum Gasteiger partial charge on any atom is -0.492 e. The van der Waals surface area contributed by atoms with E-state index in [4.69, 9.17) is 14.2 Å². The molecule has 1 heterocycles. The van der Waals surface area contributed by atoms with Crippen LogP contribution in [-0.4, -0.2) is 49.3 Å². The molecule has 1 amide bonds. The van der Waals surface area contributed by atoms with Gasteiger partial charge in [-0.15, -0.1) is 0 Å². The molecule has 0 unspecified atom stereocenters. The summed E-state index contributed by atoms with van der Waals surface area (Å²) < 4.78 is 16.8. The number of nitrogens with zero attached hydrogens (tertiary/aromatic N) is 2. The molecule has 0 aliphatic carbocycles. The fourth-order valence-corrected chi connectivity index (χ4v) is 4.99. The molecule has 7 nitrogen and oxygen atoms in total. The van der Waals surface area contributed by atoms with Crippen LogP contribution in [0.4, 0.5) is 5.69 Å². The summed E-state index contributed by atoms with van der Waals surface area (Å²) in [6, 6.07) is 10.6. The van der Waals surface area contributed by atoms with Crippen molar-refractivity contribution in [1.82, 2.24) is 4.90 Å². The van der Waals surface area contributed by atoms with Gasteiger partial charge in [-0.05, 0) is 90.2 Å². The van der Waals surface area contributed by atoms with Gasteiger partial charge in [0.25, 0.3) is 5.91 Å². The van der Waals surface area contributed by atoms with Crippen LogP contribution in [0.5, 0.6) is 11.5 Å². The summed E-state index contributed by atoms with van der Waals surface area (Å²) in [6.45, 7) is 4.78. The van der Waals surface area contributed by atoms with Crippen LogP contribution in [0.2, 0.25) is 0 Å². The van der Waals surface area contributed by atoms with Crippen LogP contribution in [-0.2, 0) is 9.53 Å². The molecule has 0 bridgehead atoms. The SMILES string of the molecule is CCOc1cc(C=C2SC(=Nc3cccc(C(=O)OC)c3)N(CC)C2=O)cc(I)c1OC. The summed E-state index contributed by atoms with van der Waals surface area (Å²) in [7, 11) is 2.94. The number of methoxy groups -OCH3 is 2. The number of amidine groups is 1. The number of carbonyl (C=O) groups is 2. The van der Waals surface area contributed by atoms with Crippen molar-refractivity contribution in [1.29, 1.82) is 0 Å². The molecule has 2 aromatic rings. The number of ether oxygens (including phenoxy) is 3. The average Bonchev–Trinajstić information content (AvgIpc) is 3.07. The Labute approximate surface area is 205 Å². The number of halogens is 1. The van der Waals surface area contributed by atoms with Crippen LogP contribution in [0.3, 0.4) is 0 Å². The van der Waals surface area contributed by atoms with Gasteiger partial charge in [0.05, 0.1) is 40.6 Å². The number of aliphatic imine (C=N–C) groups is 1. The summed E-state index contributed by atoms with van der Waals surface area (Å²) in [5.41, 5.74) is 1.80. The first-order valence-corrected chi connectivity index (χ1v) is 11.8. The lowest BCUT2D eigenvalue weighted by atomic mass is 10.2. The maximum atomic E-state index is 13.0. The number of likely N-dealkylation sites (N-methyl/N-ethyl adjacent to an activating group) is 1. The molecule has 1 fully saturated rings. The smallest absolute Gasteiger partial charge is 0.337 e. The number of amides is 1. The van der Waals surface area contributed by atoms with E-state index in [2.05, 4.69) is 27.6 Å². The molecule has 0 N–H and O–H groups in total. The van der Waals surface area contributed by atoms with Gasteiger partial charge in [-0.2, -0.15) is 0 Å². The van der Waals surface area contributed by atoms with Crippen LogP contribution in [0, 0.1) is 3.57 Å². The van der Waals surface area contributed by atoms with E-state index in [-0.39, 0.29) is 5.91 Å². The normalized spacial score (nSPS) is 16.0.